The van der Waals surface area contributed by atoms with Crippen molar-refractivity contribution in [2.24, 2.45) is 0 Å². The van der Waals surface area contributed by atoms with Crippen LogP contribution in [0.4, 0.5) is 0 Å². The summed E-state index contributed by atoms with van der Waals surface area (Å²) in [4.78, 5) is 12.8. The summed E-state index contributed by atoms with van der Waals surface area (Å²) in [6, 6.07) is 27.8. The maximum absolute atomic E-state index is 12.8. The monoisotopic (exact) mass is 564 g/mol. The van der Waals surface area contributed by atoms with E-state index in [9.17, 15) is 4.79 Å². The van der Waals surface area contributed by atoms with Crippen LogP contribution in [0.25, 0.3) is 21.5 Å². The van der Waals surface area contributed by atoms with E-state index in [2.05, 4.69) is 79.7 Å². The van der Waals surface area contributed by atoms with Crippen LogP contribution in [0, 0.1) is 0 Å². The highest BCUT2D eigenvalue weighted by atomic mass is 16.5. The number of ether oxygens (including phenoxy) is 2. The van der Waals surface area contributed by atoms with Crippen molar-refractivity contribution in [3.05, 3.63) is 90.0 Å². The third-order valence-electron chi connectivity index (χ3n) is 9.02. The number of hydrogen-bond donors (Lipinski definition) is 0. The van der Waals surface area contributed by atoms with E-state index >= 15 is 0 Å². The Balaban J connectivity index is 1.17. The number of fused-ring (bicyclic) bond motifs is 2. The number of benzene rings is 4. The van der Waals surface area contributed by atoms with Crippen molar-refractivity contribution in [3.8, 4) is 5.75 Å². The van der Waals surface area contributed by atoms with Crippen molar-refractivity contribution < 1.29 is 14.3 Å². The van der Waals surface area contributed by atoms with Gasteiger partial charge in [-0.25, -0.2) is 0 Å². The highest BCUT2D eigenvalue weighted by Crippen LogP contribution is 2.37. The molecule has 1 aliphatic rings. The highest BCUT2D eigenvalue weighted by Gasteiger charge is 2.29. The van der Waals surface area contributed by atoms with Gasteiger partial charge in [-0.15, -0.1) is 0 Å². The predicted octanol–water partition coefficient (Wildman–Crippen LogP) is 11.1. The molecule has 0 heterocycles. The van der Waals surface area contributed by atoms with Gasteiger partial charge in [-0.3, -0.25) is 4.79 Å². The van der Waals surface area contributed by atoms with Crippen molar-refractivity contribution in [1.82, 2.24) is 0 Å². The lowest BCUT2D eigenvalue weighted by Crippen LogP contribution is -2.28. The van der Waals surface area contributed by atoms with Crippen molar-refractivity contribution >= 4 is 27.5 Å². The van der Waals surface area contributed by atoms with Gasteiger partial charge < -0.3 is 9.47 Å². The van der Waals surface area contributed by atoms with Crippen LogP contribution < -0.4 is 4.74 Å². The van der Waals surface area contributed by atoms with Crippen LogP contribution in [-0.2, 0) is 16.1 Å². The molecule has 4 aromatic rings. The lowest BCUT2D eigenvalue weighted by molar-refractivity contribution is -0.151. The van der Waals surface area contributed by atoms with Crippen molar-refractivity contribution in [2.45, 2.75) is 115 Å². The van der Waals surface area contributed by atoms with Crippen LogP contribution in [0.15, 0.2) is 78.9 Å². The topological polar surface area (TPSA) is 35.5 Å². The molecular formula is C39H48O3. The van der Waals surface area contributed by atoms with Crippen LogP contribution in [0.3, 0.4) is 0 Å². The van der Waals surface area contributed by atoms with Gasteiger partial charge >= 0.3 is 5.97 Å². The lowest BCUT2D eigenvalue weighted by atomic mass is 9.81. The molecule has 0 amide bonds. The van der Waals surface area contributed by atoms with Gasteiger partial charge in [-0.05, 0) is 71.0 Å². The van der Waals surface area contributed by atoms with E-state index in [1.165, 1.54) is 84.0 Å². The molecular weight excluding hydrogens is 516 g/mol. The van der Waals surface area contributed by atoms with Crippen molar-refractivity contribution in [2.75, 3.05) is 0 Å². The maximum atomic E-state index is 12.8. The number of rotatable bonds is 15. The quantitative estimate of drug-likeness (QED) is 0.0818. The Kier molecular flexibility index (Phi) is 11.3. The summed E-state index contributed by atoms with van der Waals surface area (Å²) in [5, 5.41) is 4.94. The van der Waals surface area contributed by atoms with E-state index in [4.69, 9.17) is 9.47 Å². The summed E-state index contributed by atoms with van der Waals surface area (Å²) < 4.78 is 12.6. The fourth-order valence-corrected chi connectivity index (χ4v) is 6.68. The molecule has 3 heteroatoms. The minimum atomic E-state index is -0.0397. The minimum absolute atomic E-state index is 0.0231. The van der Waals surface area contributed by atoms with Gasteiger partial charge in [0.25, 0.3) is 0 Å². The average Bonchev–Trinajstić information content (AvgIpc) is 3.02. The average molecular weight is 565 g/mol. The number of carbonyl (C=O) groups is 1. The molecule has 0 bridgehead atoms. The standard InChI is InChI=1S/C39H48O3/c1-2-3-4-5-6-7-8-9-10-26-39(40)42-38-25-16-15-24-36(38)32-20-17-21-33(28-32)41-29-37-34-22-13-11-18-30(34)27-31-19-12-14-23-35(31)37/h11-14,17-23,27-28,36,38H,2-10,15-16,24-26,29H2,1H3/t36-,38+/m1/s1. The summed E-state index contributed by atoms with van der Waals surface area (Å²) >= 11 is 0. The second-order valence-electron chi connectivity index (χ2n) is 12.2. The second kappa shape index (κ2) is 15.8. The molecule has 42 heavy (non-hydrogen) atoms. The van der Waals surface area contributed by atoms with E-state index in [1.807, 2.05) is 6.07 Å². The molecule has 0 aromatic heterocycles. The Morgan fingerprint density at radius 2 is 1.36 bits per heavy atom. The first kappa shape index (κ1) is 30.1. The van der Waals surface area contributed by atoms with E-state index in [0.717, 1.165) is 37.9 Å². The molecule has 0 N–H and O–H groups in total. The Labute approximate surface area is 252 Å². The molecule has 4 aromatic carbocycles. The largest absolute Gasteiger partial charge is 0.489 e. The number of hydrogen-bond acceptors (Lipinski definition) is 3. The summed E-state index contributed by atoms with van der Waals surface area (Å²) in [6.45, 7) is 2.77. The van der Waals surface area contributed by atoms with E-state index in [0.29, 0.717) is 13.0 Å². The highest BCUT2D eigenvalue weighted by molar-refractivity contribution is 6.02. The zero-order valence-corrected chi connectivity index (χ0v) is 25.5. The van der Waals surface area contributed by atoms with Crippen LogP contribution in [0.1, 0.15) is 114 Å². The fourth-order valence-electron chi connectivity index (χ4n) is 6.68. The molecule has 2 atom stereocenters. The zero-order valence-electron chi connectivity index (χ0n) is 25.5. The second-order valence-corrected chi connectivity index (χ2v) is 12.2. The minimum Gasteiger partial charge on any atom is -0.489 e. The molecule has 1 fully saturated rings. The Morgan fingerprint density at radius 3 is 2.07 bits per heavy atom. The molecule has 0 aliphatic heterocycles. The molecule has 5 rings (SSSR count). The predicted molar refractivity (Wildman–Crippen MR) is 175 cm³/mol. The number of esters is 1. The Morgan fingerprint density at radius 1 is 0.714 bits per heavy atom. The third kappa shape index (κ3) is 8.15. The summed E-state index contributed by atoms with van der Waals surface area (Å²) in [5.41, 5.74) is 2.44. The first-order chi connectivity index (χ1) is 20.7. The molecule has 0 spiro atoms. The molecule has 0 unspecified atom stereocenters. The first-order valence-electron chi connectivity index (χ1n) is 16.5. The van der Waals surface area contributed by atoms with Crippen molar-refractivity contribution in [1.29, 1.82) is 0 Å². The summed E-state index contributed by atoms with van der Waals surface area (Å²) in [5.74, 6) is 1.08. The Hall–Kier alpha value is -3.33. The molecule has 1 saturated carbocycles. The number of carbonyl (C=O) groups excluding carboxylic acids is 1. The smallest absolute Gasteiger partial charge is 0.306 e. The summed E-state index contributed by atoms with van der Waals surface area (Å²) in [7, 11) is 0. The first-order valence-corrected chi connectivity index (χ1v) is 16.5. The van der Waals surface area contributed by atoms with Gasteiger partial charge in [0.05, 0.1) is 0 Å². The molecule has 0 saturated heterocycles. The van der Waals surface area contributed by atoms with Gasteiger partial charge in [0.15, 0.2) is 0 Å². The van der Waals surface area contributed by atoms with Crippen LogP contribution in [0.5, 0.6) is 5.75 Å². The zero-order chi connectivity index (χ0) is 29.0. The molecule has 0 radical (unpaired) electrons. The lowest BCUT2D eigenvalue weighted by Gasteiger charge is -2.31. The molecule has 1 aliphatic carbocycles. The van der Waals surface area contributed by atoms with Crippen LogP contribution in [-0.4, -0.2) is 12.1 Å². The van der Waals surface area contributed by atoms with Gasteiger partial charge in [0, 0.05) is 17.9 Å². The van der Waals surface area contributed by atoms with Gasteiger partial charge in [0.2, 0.25) is 0 Å². The maximum Gasteiger partial charge on any atom is 0.306 e. The van der Waals surface area contributed by atoms with E-state index in [-0.39, 0.29) is 18.0 Å². The van der Waals surface area contributed by atoms with Gasteiger partial charge in [0.1, 0.15) is 18.5 Å². The van der Waals surface area contributed by atoms with Crippen LogP contribution >= 0.6 is 0 Å². The number of unbranched alkanes of at least 4 members (excludes halogenated alkanes) is 8. The van der Waals surface area contributed by atoms with Gasteiger partial charge in [-0.1, -0.05) is 125 Å². The van der Waals surface area contributed by atoms with Gasteiger partial charge in [-0.2, -0.15) is 0 Å². The SMILES string of the molecule is CCCCCCCCCCCC(=O)O[C@H]1CCCC[C@@H]1c1cccc(OCc2c3ccccc3cc3ccccc23)c1. The van der Waals surface area contributed by atoms with Crippen LogP contribution in [0.2, 0.25) is 0 Å². The normalized spacial score (nSPS) is 17.0. The summed E-state index contributed by atoms with van der Waals surface area (Å²) in [6.07, 6.45) is 16.1. The third-order valence-corrected chi connectivity index (χ3v) is 9.02. The Bertz CT molecular complexity index is 1370. The van der Waals surface area contributed by atoms with E-state index in [1.54, 1.807) is 0 Å². The van der Waals surface area contributed by atoms with E-state index < -0.39 is 0 Å². The molecule has 3 nitrogen and oxygen atoms in total. The fraction of sp³-hybridized carbons (Fsp3) is 0.462. The van der Waals surface area contributed by atoms with Crippen molar-refractivity contribution in [3.63, 3.8) is 0 Å². The molecule has 222 valence electrons.